The summed E-state index contributed by atoms with van der Waals surface area (Å²) in [4.78, 5) is 14.3. The maximum absolute atomic E-state index is 12.2. The van der Waals surface area contributed by atoms with Gasteiger partial charge in [-0.3, -0.25) is 0 Å². The van der Waals surface area contributed by atoms with Crippen LogP contribution in [0, 0.1) is 5.92 Å². The van der Waals surface area contributed by atoms with Crippen LogP contribution in [0.2, 0.25) is 0 Å². The summed E-state index contributed by atoms with van der Waals surface area (Å²) in [6.45, 7) is 2.90. The molecule has 0 spiro atoms. The van der Waals surface area contributed by atoms with Gasteiger partial charge in [0.05, 0.1) is 12.1 Å². The van der Waals surface area contributed by atoms with Crippen molar-refractivity contribution in [2.45, 2.75) is 31.7 Å². The van der Waals surface area contributed by atoms with Gasteiger partial charge in [0.15, 0.2) is 0 Å². The van der Waals surface area contributed by atoms with Crippen LogP contribution in [0.5, 0.6) is 0 Å². The third-order valence-electron chi connectivity index (χ3n) is 4.68. The zero-order chi connectivity index (χ0) is 15.0. The van der Waals surface area contributed by atoms with Crippen molar-refractivity contribution in [1.82, 2.24) is 5.32 Å². The van der Waals surface area contributed by atoms with E-state index < -0.39 is 5.54 Å². The van der Waals surface area contributed by atoms with Gasteiger partial charge in [0.1, 0.15) is 0 Å². The molecule has 1 aliphatic carbocycles. The number of fused-ring (bicyclic) bond motifs is 1. The average Bonchev–Trinajstić information content (AvgIpc) is 3.25. The number of urea groups is 1. The molecule has 1 unspecified atom stereocenters. The molecule has 1 heterocycles. The summed E-state index contributed by atoms with van der Waals surface area (Å²) in [5.41, 5.74) is 2.77. The second kappa shape index (κ2) is 5.22. The normalized spacial score (nSPS) is 19.9. The lowest BCUT2D eigenvalue weighted by molar-refractivity contribution is 0.159. The minimum absolute atomic E-state index is 0.0297. The summed E-state index contributed by atoms with van der Waals surface area (Å²) in [6.07, 6.45) is 3.20. The van der Waals surface area contributed by atoms with Gasteiger partial charge >= 0.3 is 6.03 Å². The molecule has 5 heteroatoms. The highest BCUT2D eigenvalue weighted by Crippen LogP contribution is 2.39. The summed E-state index contributed by atoms with van der Waals surface area (Å²) in [5, 5.41) is 15.3. The molecule has 0 aromatic heterocycles. The molecule has 21 heavy (non-hydrogen) atoms. The number of carbonyl (C=O) groups is 1. The SMILES string of the molecule is CN1CCc2ccc(NC(=O)NC(C)(CO)C3CC3)cc21. The minimum atomic E-state index is -0.516. The summed E-state index contributed by atoms with van der Waals surface area (Å²) in [7, 11) is 2.06. The van der Waals surface area contributed by atoms with Gasteiger partial charge in [-0.1, -0.05) is 6.07 Å². The number of nitrogens with one attached hydrogen (secondary N) is 2. The smallest absolute Gasteiger partial charge is 0.319 e. The first-order valence-corrected chi connectivity index (χ1v) is 7.56. The second-order valence-electron chi connectivity index (χ2n) is 6.44. The van der Waals surface area contributed by atoms with Crippen molar-refractivity contribution in [3.63, 3.8) is 0 Å². The molecule has 3 rings (SSSR count). The van der Waals surface area contributed by atoms with E-state index in [0.717, 1.165) is 31.5 Å². The number of anilines is 2. The number of carbonyl (C=O) groups excluding carboxylic acids is 1. The van der Waals surface area contributed by atoms with Crippen LogP contribution in [0.25, 0.3) is 0 Å². The lowest BCUT2D eigenvalue weighted by atomic mass is 9.97. The Morgan fingerprint density at radius 3 is 2.90 bits per heavy atom. The first-order chi connectivity index (χ1) is 10.0. The molecule has 3 N–H and O–H groups in total. The third-order valence-corrected chi connectivity index (χ3v) is 4.68. The topological polar surface area (TPSA) is 64.6 Å². The first kappa shape index (κ1) is 14.2. The van der Waals surface area contributed by atoms with Crippen molar-refractivity contribution in [2.24, 2.45) is 5.92 Å². The van der Waals surface area contributed by atoms with E-state index in [-0.39, 0.29) is 12.6 Å². The molecule has 1 atom stereocenters. The van der Waals surface area contributed by atoms with E-state index in [1.165, 1.54) is 11.3 Å². The largest absolute Gasteiger partial charge is 0.394 e. The maximum atomic E-state index is 12.2. The van der Waals surface area contributed by atoms with E-state index >= 15 is 0 Å². The molecule has 114 valence electrons. The van der Waals surface area contributed by atoms with Crippen molar-refractivity contribution >= 4 is 17.4 Å². The summed E-state index contributed by atoms with van der Waals surface area (Å²) < 4.78 is 0. The lowest BCUT2D eigenvalue weighted by Crippen LogP contribution is -2.52. The van der Waals surface area contributed by atoms with E-state index in [9.17, 15) is 9.90 Å². The maximum Gasteiger partial charge on any atom is 0.319 e. The Kier molecular flexibility index (Phi) is 3.53. The van der Waals surface area contributed by atoms with Crippen LogP contribution in [0.4, 0.5) is 16.2 Å². The molecular formula is C16H23N3O2. The summed E-state index contributed by atoms with van der Waals surface area (Å²) in [6, 6.07) is 5.76. The number of aliphatic hydroxyl groups is 1. The number of rotatable bonds is 4. The predicted octanol–water partition coefficient (Wildman–Crippen LogP) is 1.96. The molecular weight excluding hydrogens is 266 g/mol. The van der Waals surface area contributed by atoms with Crippen LogP contribution in [0.1, 0.15) is 25.3 Å². The molecule has 5 nitrogen and oxygen atoms in total. The number of nitrogens with zero attached hydrogens (tertiary/aromatic N) is 1. The third kappa shape index (κ3) is 2.83. The molecule has 1 aromatic carbocycles. The Bertz CT molecular complexity index is 556. The minimum Gasteiger partial charge on any atom is -0.394 e. The van der Waals surface area contributed by atoms with Crippen LogP contribution < -0.4 is 15.5 Å². The number of amides is 2. The molecule has 1 aliphatic heterocycles. The van der Waals surface area contributed by atoms with Crippen molar-refractivity contribution in [2.75, 3.05) is 30.4 Å². The second-order valence-corrected chi connectivity index (χ2v) is 6.44. The number of hydrogen-bond donors (Lipinski definition) is 3. The Hall–Kier alpha value is -1.75. The summed E-state index contributed by atoms with van der Waals surface area (Å²) >= 11 is 0. The zero-order valence-corrected chi connectivity index (χ0v) is 12.6. The molecule has 2 amide bonds. The van der Waals surface area contributed by atoms with Gasteiger partial charge in [0, 0.05) is 25.0 Å². The fourth-order valence-electron chi connectivity index (χ4n) is 3.03. The van der Waals surface area contributed by atoms with E-state index in [1.54, 1.807) is 0 Å². The van der Waals surface area contributed by atoms with Gasteiger partial charge in [-0.2, -0.15) is 0 Å². The Morgan fingerprint density at radius 2 is 2.24 bits per heavy atom. The fraction of sp³-hybridized carbons (Fsp3) is 0.562. The van der Waals surface area contributed by atoms with Crippen LogP contribution in [0.3, 0.4) is 0 Å². The van der Waals surface area contributed by atoms with E-state index in [4.69, 9.17) is 0 Å². The Morgan fingerprint density at radius 1 is 1.48 bits per heavy atom. The highest BCUT2D eigenvalue weighted by molar-refractivity contribution is 5.90. The predicted molar refractivity (Wildman–Crippen MR) is 83.8 cm³/mol. The van der Waals surface area contributed by atoms with Gasteiger partial charge in [-0.05, 0) is 49.8 Å². The number of benzene rings is 1. The first-order valence-electron chi connectivity index (χ1n) is 7.56. The monoisotopic (exact) mass is 289 g/mol. The fourth-order valence-corrected chi connectivity index (χ4v) is 3.03. The van der Waals surface area contributed by atoms with Gasteiger partial charge in [0.25, 0.3) is 0 Å². The zero-order valence-electron chi connectivity index (χ0n) is 12.6. The van der Waals surface area contributed by atoms with Gasteiger partial charge in [-0.25, -0.2) is 4.79 Å². The molecule has 2 aliphatic rings. The number of aliphatic hydroxyl groups excluding tert-OH is 1. The van der Waals surface area contributed by atoms with Crippen LogP contribution in [0.15, 0.2) is 18.2 Å². The van der Waals surface area contributed by atoms with E-state index in [0.29, 0.717) is 5.92 Å². The van der Waals surface area contributed by atoms with Crippen LogP contribution in [-0.2, 0) is 6.42 Å². The van der Waals surface area contributed by atoms with Crippen molar-refractivity contribution in [1.29, 1.82) is 0 Å². The number of likely N-dealkylation sites (N-methyl/N-ethyl adjacent to an activating group) is 1. The Labute approximate surface area is 125 Å². The summed E-state index contributed by atoms with van der Waals surface area (Å²) in [5.74, 6) is 0.388. The Balaban J connectivity index is 1.66. The van der Waals surface area contributed by atoms with Crippen molar-refractivity contribution in [3.8, 4) is 0 Å². The molecule has 1 aromatic rings. The molecule has 0 radical (unpaired) electrons. The molecule has 1 fully saturated rings. The number of hydrogen-bond acceptors (Lipinski definition) is 3. The van der Waals surface area contributed by atoms with Crippen molar-refractivity contribution < 1.29 is 9.90 Å². The highest BCUT2D eigenvalue weighted by Gasteiger charge is 2.42. The van der Waals surface area contributed by atoms with Gasteiger partial charge in [0.2, 0.25) is 0 Å². The standard InChI is InChI=1S/C16H23N3O2/c1-16(10-20,12-4-5-12)18-15(21)17-13-6-3-11-7-8-19(2)14(11)9-13/h3,6,9,12,20H,4-5,7-8,10H2,1-2H3,(H2,17,18,21). The molecule has 1 saturated carbocycles. The van der Waals surface area contributed by atoms with E-state index in [2.05, 4.69) is 28.6 Å². The van der Waals surface area contributed by atoms with Crippen LogP contribution >= 0.6 is 0 Å². The quantitative estimate of drug-likeness (QED) is 0.794. The van der Waals surface area contributed by atoms with E-state index in [1.807, 2.05) is 19.1 Å². The average molecular weight is 289 g/mol. The molecule has 0 saturated heterocycles. The van der Waals surface area contributed by atoms with Gasteiger partial charge < -0.3 is 20.6 Å². The lowest BCUT2D eigenvalue weighted by Gasteiger charge is -2.28. The molecule has 0 bridgehead atoms. The van der Waals surface area contributed by atoms with Gasteiger partial charge in [-0.15, -0.1) is 0 Å². The van der Waals surface area contributed by atoms with Crippen LogP contribution in [-0.4, -0.2) is 36.9 Å². The highest BCUT2D eigenvalue weighted by atomic mass is 16.3. The van der Waals surface area contributed by atoms with Crippen molar-refractivity contribution in [3.05, 3.63) is 23.8 Å².